The van der Waals surface area contributed by atoms with Crippen molar-refractivity contribution in [2.75, 3.05) is 13.6 Å². The maximum absolute atomic E-state index is 10.9. The summed E-state index contributed by atoms with van der Waals surface area (Å²) in [5.41, 5.74) is 0. The summed E-state index contributed by atoms with van der Waals surface area (Å²) in [4.78, 5) is 10.9. The Bertz CT molecular complexity index is 126. The Balaban J connectivity index is 0.000001000. The average molecular weight is 179 g/mol. The molecule has 0 heterocycles. The van der Waals surface area contributed by atoms with Crippen molar-refractivity contribution in [1.82, 2.24) is 10.6 Å². The summed E-state index contributed by atoms with van der Waals surface area (Å²) >= 11 is 0. The lowest BCUT2D eigenvalue weighted by Gasteiger charge is -2.00. The molecule has 0 spiro atoms. The van der Waals surface area contributed by atoms with Crippen LogP contribution in [0.3, 0.4) is 0 Å². The molecule has 0 aliphatic heterocycles. The first-order valence-corrected chi connectivity index (χ1v) is 3.77. The molecule has 1 rings (SSSR count). The fraction of sp³-hybridized carbons (Fsp3) is 0.857. The second-order valence-electron chi connectivity index (χ2n) is 2.70. The summed E-state index contributed by atoms with van der Waals surface area (Å²) in [5, 5.41) is 5.84. The fourth-order valence-electron chi connectivity index (χ4n) is 0.766. The number of hydrogen-bond acceptors (Lipinski definition) is 2. The molecule has 1 saturated carbocycles. The number of carbonyl (C=O) groups is 1. The van der Waals surface area contributed by atoms with Gasteiger partial charge in [-0.05, 0) is 19.9 Å². The molecule has 0 unspecified atom stereocenters. The zero-order valence-corrected chi connectivity index (χ0v) is 7.54. The van der Waals surface area contributed by atoms with E-state index in [9.17, 15) is 4.79 Å². The van der Waals surface area contributed by atoms with Gasteiger partial charge in [-0.2, -0.15) is 0 Å². The normalized spacial score (nSPS) is 15.4. The lowest BCUT2D eigenvalue weighted by Crippen LogP contribution is -2.28. The Morgan fingerprint density at radius 3 is 2.64 bits per heavy atom. The van der Waals surface area contributed by atoms with Crippen molar-refractivity contribution in [3.63, 3.8) is 0 Å². The van der Waals surface area contributed by atoms with Crippen LogP contribution in [0.5, 0.6) is 0 Å². The van der Waals surface area contributed by atoms with Gasteiger partial charge in [0.2, 0.25) is 5.91 Å². The largest absolute Gasteiger partial charge is 0.353 e. The predicted octanol–water partition coefficient (Wildman–Crippen LogP) is 0.296. The van der Waals surface area contributed by atoms with E-state index in [-0.39, 0.29) is 18.3 Å². The number of carbonyl (C=O) groups excluding carboxylic acids is 1. The molecule has 0 atom stereocenters. The minimum absolute atomic E-state index is 0. The van der Waals surface area contributed by atoms with E-state index in [0.29, 0.717) is 12.5 Å². The van der Waals surface area contributed by atoms with Crippen LogP contribution in [-0.2, 0) is 4.79 Å². The Hall–Kier alpha value is -0.280. The maximum atomic E-state index is 10.9. The monoisotopic (exact) mass is 178 g/mol. The van der Waals surface area contributed by atoms with Gasteiger partial charge in [-0.1, -0.05) is 0 Å². The molecule has 4 heteroatoms. The topological polar surface area (TPSA) is 41.1 Å². The van der Waals surface area contributed by atoms with Gasteiger partial charge in [0.15, 0.2) is 0 Å². The van der Waals surface area contributed by atoms with Crippen molar-refractivity contribution in [1.29, 1.82) is 0 Å². The molecule has 0 bridgehead atoms. The molecule has 1 fully saturated rings. The highest BCUT2D eigenvalue weighted by atomic mass is 35.5. The van der Waals surface area contributed by atoms with E-state index in [2.05, 4.69) is 10.6 Å². The highest BCUT2D eigenvalue weighted by Crippen LogP contribution is 2.18. The average Bonchev–Trinajstić information content (AvgIpc) is 2.67. The molecule has 2 N–H and O–H groups in total. The summed E-state index contributed by atoms with van der Waals surface area (Å²) in [6, 6.07) is 0.504. The third-order valence-corrected chi connectivity index (χ3v) is 1.54. The Morgan fingerprint density at radius 1 is 1.55 bits per heavy atom. The van der Waals surface area contributed by atoms with Crippen molar-refractivity contribution < 1.29 is 4.79 Å². The van der Waals surface area contributed by atoms with Crippen LogP contribution < -0.4 is 10.6 Å². The maximum Gasteiger partial charge on any atom is 0.221 e. The minimum Gasteiger partial charge on any atom is -0.353 e. The first-order valence-electron chi connectivity index (χ1n) is 3.77. The summed E-state index contributed by atoms with van der Waals surface area (Å²) in [7, 11) is 1.85. The molecule has 1 amide bonds. The van der Waals surface area contributed by atoms with Crippen LogP contribution in [0.25, 0.3) is 0 Å². The molecule has 0 aromatic carbocycles. The van der Waals surface area contributed by atoms with Crippen molar-refractivity contribution in [3.05, 3.63) is 0 Å². The summed E-state index contributed by atoms with van der Waals surface area (Å²) in [6.07, 6.45) is 2.95. The van der Waals surface area contributed by atoms with Crippen LogP contribution in [0, 0.1) is 0 Å². The van der Waals surface area contributed by atoms with Crippen molar-refractivity contribution in [3.8, 4) is 0 Å². The first-order chi connectivity index (χ1) is 4.83. The summed E-state index contributed by atoms with van der Waals surface area (Å²) < 4.78 is 0. The number of amides is 1. The molecule has 0 radical (unpaired) electrons. The Kier molecular flexibility index (Phi) is 5.24. The molecule has 1 aliphatic rings. The van der Waals surface area contributed by atoms with Crippen LogP contribution in [0.4, 0.5) is 0 Å². The minimum atomic E-state index is 0. The van der Waals surface area contributed by atoms with Gasteiger partial charge in [-0.3, -0.25) is 4.79 Å². The van der Waals surface area contributed by atoms with E-state index in [0.717, 1.165) is 6.54 Å². The van der Waals surface area contributed by atoms with Gasteiger partial charge in [-0.25, -0.2) is 0 Å². The second-order valence-corrected chi connectivity index (χ2v) is 2.70. The van der Waals surface area contributed by atoms with Crippen molar-refractivity contribution >= 4 is 18.3 Å². The molecule has 3 nitrogen and oxygen atoms in total. The van der Waals surface area contributed by atoms with Gasteiger partial charge in [0.05, 0.1) is 0 Å². The van der Waals surface area contributed by atoms with E-state index in [1.807, 2.05) is 7.05 Å². The quantitative estimate of drug-likeness (QED) is 0.650. The second kappa shape index (κ2) is 5.38. The first kappa shape index (κ1) is 10.7. The van der Waals surface area contributed by atoms with Crippen LogP contribution in [0.1, 0.15) is 19.3 Å². The lowest BCUT2D eigenvalue weighted by molar-refractivity contribution is -0.121. The third kappa shape index (κ3) is 5.04. The van der Waals surface area contributed by atoms with Crippen LogP contribution in [-0.4, -0.2) is 25.5 Å². The molecule has 11 heavy (non-hydrogen) atoms. The SMILES string of the molecule is CNCCC(=O)NC1CC1.Cl. The molecule has 66 valence electrons. The smallest absolute Gasteiger partial charge is 0.221 e. The number of hydrogen-bond donors (Lipinski definition) is 2. The van der Waals surface area contributed by atoms with Crippen molar-refractivity contribution in [2.45, 2.75) is 25.3 Å². The Labute approximate surface area is 73.3 Å². The van der Waals surface area contributed by atoms with Crippen LogP contribution in [0.15, 0.2) is 0 Å². The van der Waals surface area contributed by atoms with Gasteiger partial charge in [0.1, 0.15) is 0 Å². The number of rotatable bonds is 4. The van der Waals surface area contributed by atoms with Gasteiger partial charge in [0, 0.05) is 19.0 Å². The molecule has 0 aromatic heterocycles. The lowest BCUT2D eigenvalue weighted by atomic mass is 10.4. The summed E-state index contributed by atoms with van der Waals surface area (Å²) in [5.74, 6) is 0.178. The predicted molar refractivity (Wildman–Crippen MR) is 47.0 cm³/mol. The van der Waals surface area contributed by atoms with Crippen LogP contribution in [0.2, 0.25) is 0 Å². The van der Waals surface area contributed by atoms with E-state index < -0.39 is 0 Å². The Morgan fingerprint density at radius 2 is 2.18 bits per heavy atom. The number of halogens is 1. The molecular formula is C7H15ClN2O. The molecule has 0 saturated heterocycles. The standard InChI is InChI=1S/C7H14N2O.ClH/c1-8-5-4-7(10)9-6-2-3-6;/h6,8H,2-5H2,1H3,(H,9,10);1H. The van der Waals surface area contributed by atoms with Gasteiger partial charge in [-0.15, -0.1) is 12.4 Å². The third-order valence-electron chi connectivity index (χ3n) is 1.54. The van der Waals surface area contributed by atoms with Crippen molar-refractivity contribution in [2.24, 2.45) is 0 Å². The van der Waals surface area contributed by atoms with E-state index in [1.54, 1.807) is 0 Å². The fourth-order valence-corrected chi connectivity index (χ4v) is 0.766. The van der Waals surface area contributed by atoms with Gasteiger partial charge < -0.3 is 10.6 Å². The zero-order valence-electron chi connectivity index (χ0n) is 6.72. The molecule has 1 aliphatic carbocycles. The van der Waals surface area contributed by atoms with E-state index >= 15 is 0 Å². The number of nitrogens with one attached hydrogen (secondary N) is 2. The van der Waals surface area contributed by atoms with E-state index in [4.69, 9.17) is 0 Å². The zero-order chi connectivity index (χ0) is 7.40. The summed E-state index contributed by atoms with van der Waals surface area (Å²) in [6.45, 7) is 0.776. The van der Waals surface area contributed by atoms with Gasteiger partial charge in [0.25, 0.3) is 0 Å². The highest BCUT2D eigenvalue weighted by Gasteiger charge is 2.22. The molecular weight excluding hydrogens is 164 g/mol. The van der Waals surface area contributed by atoms with Gasteiger partial charge >= 0.3 is 0 Å². The molecule has 0 aromatic rings. The van der Waals surface area contributed by atoms with Crippen LogP contribution >= 0.6 is 12.4 Å². The highest BCUT2D eigenvalue weighted by molar-refractivity contribution is 5.85. The van der Waals surface area contributed by atoms with E-state index in [1.165, 1.54) is 12.8 Å².